The van der Waals surface area contributed by atoms with E-state index in [0.717, 1.165) is 6.29 Å². The summed E-state index contributed by atoms with van der Waals surface area (Å²) < 4.78 is 5.16. The molecule has 2 heteroatoms. The molecule has 0 rings (SSSR count). The number of carbonyl (C=O) groups is 1. The first-order valence-corrected chi connectivity index (χ1v) is 3.23. The molecule has 0 N–H and O–H groups in total. The van der Waals surface area contributed by atoms with Gasteiger partial charge in [0.15, 0.2) is 0 Å². The minimum absolute atomic E-state index is 0.0346. The number of aldehydes is 1. The zero-order valence-electron chi connectivity index (χ0n) is 6.26. The van der Waals surface area contributed by atoms with Crippen LogP contribution in [0.25, 0.3) is 0 Å². The Labute approximate surface area is 56.2 Å². The second kappa shape index (κ2) is 4.50. The summed E-state index contributed by atoms with van der Waals surface area (Å²) in [5, 5.41) is 0. The summed E-state index contributed by atoms with van der Waals surface area (Å²) in [5.41, 5.74) is 0. The lowest BCUT2D eigenvalue weighted by atomic mass is 10.2. The van der Waals surface area contributed by atoms with Gasteiger partial charge in [0.25, 0.3) is 0 Å². The summed E-state index contributed by atoms with van der Waals surface area (Å²) in [6.45, 7) is 6.30. The molecule has 54 valence electrons. The highest BCUT2D eigenvalue weighted by atomic mass is 16.5. The smallest absolute Gasteiger partial charge is 0.125 e. The lowest BCUT2D eigenvalue weighted by molar-refractivity contribution is -0.112. The topological polar surface area (TPSA) is 26.3 Å². The monoisotopic (exact) mass is 130 g/mol. The molecule has 9 heavy (non-hydrogen) atoms. The van der Waals surface area contributed by atoms with Crippen molar-refractivity contribution in [1.82, 2.24) is 0 Å². The molecule has 0 saturated carbocycles. The van der Waals surface area contributed by atoms with Crippen LogP contribution in [0.2, 0.25) is 0 Å². The average Bonchev–Trinajstić information content (AvgIpc) is 1.83. The number of carbonyl (C=O) groups excluding carboxylic acids is 1. The highest BCUT2D eigenvalue weighted by molar-refractivity contribution is 5.52. The van der Waals surface area contributed by atoms with Gasteiger partial charge in [-0.2, -0.15) is 0 Å². The Morgan fingerprint density at radius 2 is 2.00 bits per heavy atom. The maximum Gasteiger partial charge on any atom is 0.125 e. The van der Waals surface area contributed by atoms with Gasteiger partial charge in [0.2, 0.25) is 0 Å². The fraction of sp³-hybridized carbons (Fsp3) is 0.857. The van der Waals surface area contributed by atoms with Crippen LogP contribution >= 0.6 is 0 Å². The summed E-state index contributed by atoms with van der Waals surface area (Å²) in [7, 11) is 0. The molecular weight excluding hydrogens is 116 g/mol. The fourth-order valence-electron chi connectivity index (χ4n) is 0.384. The molecular formula is C7H14O2. The minimum atomic E-state index is 0.0346. The van der Waals surface area contributed by atoms with E-state index in [9.17, 15) is 4.79 Å². The molecule has 0 heterocycles. The quantitative estimate of drug-likeness (QED) is 0.535. The van der Waals surface area contributed by atoms with Gasteiger partial charge in [-0.05, 0) is 13.8 Å². The number of hydrogen-bond acceptors (Lipinski definition) is 2. The molecule has 0 bridgehead atoms. The molecule has 1 unspecified atom stereocenters. The van der Waals surface area contributed by atoms with Crippen molar-refractivity contribution in [3.8, 4) is 0 Å². The summed E-state index contributed by atoms with van der Waals surface area (Å²) in [4.78, 5) is 10.0. The van der Waals surface area contributed by atoms with E-state index >= 15 is 0 Å². The highest BCUT2D eigenvalue weighted by Crippen LogP contribution is 1.94. The second-order valence-electron chi connectivity index (χ2n) is 2.50. The van der Waals surface area contributed by atoms with E-state index in [1.165, 1.54) is 0 Å². The Bertz CT molecular complexity index is 79.0. The maximum atomic E-state index is 10.0. The van der Waals surface area contributed by atoms with Gasteiger partial charge in [-0.25, -0.2) is 0 Å². The highest BCUT2D eigenvalue weighted by Gasteiger charge is 1.99. The third kappa shape index (κ3) is 5.50. The summed E-state index contributed by atoms with van der Waals surface area (Å²) in [6, 6.07) is 0. The summed E-state index contributed by atoms with van der Waals surface area (Å²) in [5.74, 6) is 0.0346. The Hall–Kier alpha value is -0.370. The van der Waals surface area contributed by atoms with Gasteiger partial charge in [-0.1, -0.05) is 6.92 Å². The summed E-state index contributed by atoms with van der Waals surface area (Å²) >= 11 is 0. The lowest BCUT2D eigenvalue weighted by Crippen LogP contribution is -2.11. The van der Waals surface area contributed by atoms with Crippen molar-refractivity contribution in [2.45, 2.75) is 26.9 Å². The Morgan fingerprint density at radius 1 is 1.44 bits per heavy atom. The largest absolute Gasteiger partial charge is 0.378 e. The third-order valence-electron chi connectivity index (χ3n) is 0.925. The minimum Gasteiger partial charge on any atom is -0.378 e. The van der Waals surface area contributed by atoms with Crippen LogP contribution in [0.5, 0.6) is 0 Å². The van der Waals surface area contributed by atoms with Crippen LogP contribution in [0.4, 0.5) is 0 Å². The molecule has 0 aromatic heterocycles. The molecule has 0 aliphatic rings. The molecule has 0 aromatic rings. The van der Waals surface area contributed by atoms with Crippen LogP contribution in [0, 0.1) is 5.92 Å². The second-order valence-corrected chi connectivity index (χ2v) is 2.50. The molecule has 0 aliphatic carbocycles. The normalized spacial score (nSPS) is 13.8. The van der Waals surface area contributed by atoms with Crippen molar-refractivity contribution in [2.75, 3.05) is 6.61 Å². The van der Waals surface area contributed by atoms with Crippen LogP contribution < -0.4 is 0 Å². The zero-order valence-corrected chi connectivity index (χ0v) is 6.26. The van der Waals surface area contributed by atoms with Crippen LogP contribution in [-0.4, -0.2) is 19.0 Å². The number of hydrogen-bond donors (Lipinski definition) is 0. The van der Waals surface area contributed by atoms with Crippen molar-refractivity contribution < 1.29 is 9.53 Å². The van der Waals surface area contributed by atoms with E-state index < -0.39 is 0 Å². The number of ether oxygens (including phenoxy) is 1. The van der Waals surface area contributed by atoms with Gasteiger partial charge < -0.3 is 9.53 Å². The molecule has 2 nitrogen and oxygen atoms in total. The first-order valence-electron chi connectivity index (χ1n) is 3.23. The lowest BCUT2D eigenvalue weighted by Gasteiger charge is -2.07. The predicted octanol–water partition coefficient (Wildman–Crippen LogP) is 1.25. The van der Waals surface area contributed by atoms with Gasteiger partial charge in [-0.3, -0.25) is 0 Å². The molecule has 0 spiro atoms. The van der Waals surface area contributed by atoms with Crippen LogP contribution in [0.15, 0.2) is 0 Å². The Balaban J connectivity index is 3.16. The Kier molecular flexibility index (Phi) is 4.32. The zero-order chi connectivity index (χ0) is 7.28. The van der Waals surface area contributed by atoms with E-state index in [1.54, 1.807) is 0 Å². The van der Waals surface area contributed by atoms with Crippen molar-refractivity contribution in [2.24, 2.45) is 5.92 Å². The van der Waals surface area contributed by atoms with Gasteiger partial charge in [0.05, 0.1) is 12.7 Å². The molecule has 0 amide bonds. The van der Waals surface area contributed by atoms with Crippen LogP contribution in [0.1, 0.15) is 20.8 Å². The third-order valence-corrected chi connectivity index (χ3v) is 0.925. The van der Waals surface area contributed by atoms with E-state index in [0.29, 0.717) is 6.61 Å². The van der Waals surface area contributed by atoms with Crippen LogP contribution in [-0.2, 0) is 9.53 Å². The molecule has 0 fully saturated rings. The van der Waals surface area contributed by atoms with Gasteiger partial charge in [0, 0.05) is 5.92 Å². The van der Waals surface area contributed by atoms with Crippen molar-refractivity contribution in [3.63, 3.8) is 0 Å². The maximum absolute atomic E-state index is 10.0. The molecule has 1 atom stereocenters. The Morgan fingerprint density at radius 3 is 2.33 bits per heavy atom. The molecule has 0 aromatic carbocycles. The average molecular weight is 130 g/mol. The standard InChI is InChI=1S/C7H14O2/c1-6(2)9-5-7(3)4-8/h4,6-7H,5H2,1-3H3. The SMILES string of the molecule is CC(C=O)COC(C)C. The number of rotatable bonds is 4. The molecule has 0 radical (unpaired) electrons. The summed E-state index contributed by atoms with van der Waals surface area (Å²) in [6.07, 6.45) is 1.13. The van der Waals surface area contributed by atoms with E-state index in [2.05, 4.69) is 0 Å². The van der Waals surface area contributed by atoms with Gasteiger partial charge in [-0.15, -0.1) is 0 Å². The van der Waals surface area contributed by atoms with E-state index in [-0.39, 0.29) is 12.0 Å². The molecule has 0 saturated heterocycles. The molecule has 0 aliphatic heterocycles. The van der Waals surface area contributed by atoms with Crippen molar-refractivity contribution in [1.29, 1.82) is 0 Å². The van der Waals surface area contributed by atoms with Crippen molar-refractivity contribution >= 4 is 6.29 Å². The predicted molar refractivity (Wildman–Crippen MR) is 36.3 cm³/mol. The van der Waals surface area contributed by atoms with E-state index in [4.69, 9.17) is 4.74 Å². The first kappa shape index (κ1) is 8.63. The van der Waals surface area contributed by atoms with E-state index in [1.807, 2.05) is 20.8 Å². The van der Waals surface area contributed by atoms with Gasteiger partial charge >= 0.3 is 0 Å². The first-order chi connectivity index (χ1) is 4.16. The van der Waals surface area contributed by atoms with Gasteiger partial charge in [0.1, 0.15) is 6.29 Å². The fourth-order valence-corrected chi connectivity index (χ4v) is 0.384. The van der Waals surface area contributed by atoms with Crippen molar-refractivity contribution in [3.05, 3.63) is 0 Å². The van der Waals surface area contributed by atoms with Crippen LogP contribution in [0.3, 0.4) is 0 Å².